The van der Waals surface area contributed by atoms with E-state index in [0.717, 1.165) is 21.8 Å². The number of hydrogen-bond acceptors (Lipinski definition) is 1. The first-order valence-electron chi connectivity index (χ1n) is 9.16. The summed E-state index contributed by atoms with van der Waals surface area (Å²) < 4.78 is 2.04. The molecule has 0 atom stereocenters. The van der Waals surface area contributed by atoms with Crippen LogP contribution in [-0.2, 0) is 12.8 Å². The Morgan fingerprint density at radius 1 is 1.00 bits per heavy atom. The Bertz CT molecular complexity index is 531. The molecule has 3 nitrogen and oxygen atoms in total. The van der Waals surface area contributed by atoms with E-state index in [-0.39, 0.29) is 5.66 Å². The lowest BCUT2D eigenvalue weighted by atomic mass is 9.78. The summed E-state index contributed by atoms with van der Waals surface area (Å²) in [5.41, 5.74) is 2.65. The van der Waals surface area contributed by atoms with Gasteiger partial charge in [-0.1, -0.05) is 26.0 Å². The van der Waals surface area contributed by atoms with Gasteiger partial charge in [-0.25, -0.2) is 0 Å². The van der Waals surface area contributed by atoms with Crippen molar-refractivity contribution < 1.29 is 14.1 Å². The van der Waals surface area contributed by atoms with Gasteiger partial charge >= 0.3 is 0 Å². The quantitative estimate of drug-likeness (QED) is 0.628. The zero-order valence-electron chi connectivity index (χ0n) is 16.0. The van der Waals surface area contributed by atoms with E-state index in [2.05, 4.69) is 48.1 Å². The molecule has 0 radical (unpaired) electrons. The summed E-state index contributed by atoms with van der Waals surface area (Å²) in [5.74, 6) is 0.486. The second kappa shape index (κ2) is 6.45. The van der Waals surface area contributed by atoms with Crippen molar-refractivity contribution in [1.29, 1.82) is 0 Å². The highest BCUT2D eigenvalue weighted by atomic mass is 16.3. The molecule has 3 heteroatoms. The molecule has 0 aliphatic heterocycles. The highest BCUT2D eigenvalue weighted by Gasteiger charge is 2.58. The topological polar surface area (TPSA) is 20.2 Å². The Labute approximate surface area is 142 Å². The molecule has 1 N–H and O–H groups in total. The molecule has 0 fully saturated rings. The lowest BCUT2D eigenvalue weighted by Crippen LogP contribution is -2.76. The molecule has 1 aliphatic rings. The molecule has 0 unspecified atom stereocenters. The second-order valence-corrected chi connectivity index (χ2v) is 8.39. The molecular formula is C20H36N2O+2. The number of aromatic hydroxyl groups is 1. The number of hydrogen-bond donors (Lipinski definition) is 1. The van der Waals surface area contributed by atoms with Crippen molar-refractivity contribution in [2.45, 2.75) is 51.6 Å². The minimum atomic E-state index is 0.123. The largest absolute Gasteiger partial charge is 0.508 e. The normalized spacial score (nSPS) is 17.8. The van der Waals surface area contributed by atoms with E-state index < -0.39 is 0 Å². The smallest absolute Gasteiger partial charge is 0.229 e. The van der Waals surface area contributed by atoms with Gasteiger partial charge in [0.1, 0.15) is 5.75 Å². The van der Waals surface area contributed by atoms with E-state index in [1.807, 2.05) is 12.1 Å². The van der Waals surface area contributed by atoms with E-state index >= 15 is 0 Å². The molecule has 0 aromatic heterocycles. The van der Waals surface area contributed by atoms with Crippen molar-refractivity contribution in [1.82, 2.24) is 0 Å². The standard InChI is InChI=1S/C20H35N2O/c1-7-14-21(3,4)20(22(5,6)15-8-2)13-12-17-10-9-11-19(23)18(17)16-20/h9-11H,7-8,12-16H2,1-6H3/q+1/p+1. The maximum Gasteiger partial charge on any atom is 0.229 e. The zero-order valence-corrected chi connectivity index (χ0v) is 16.0. The molecule has 0 saturated heterocycles. The molecule has 0 heterocycles. The molecule has 23 heavy (non-hydrogen) atoms. The summed E-state index contributed by atoms with van der Waals surface area (Å²) in [6.07, 6.45) is 5.60. The third-order valence-corrected chi connectivity index (χ3v) is 6.32. The van der Waals surface area contributed by atoms with Crippen LogP contribution in [0.2, 0.25) is 0 Å². The summed E-state index contributed by atoms with van der Waals surface area (Å²) in [4.78, 5) is 0. The number of rotatable bonds is 6. The minimum Gasteiger partial charge on any atom is -0.508 e. The van der Waals surface area contributed by atoms with Crippen LogP contribution in [0, 0.1) is 0 Å². The zero-order chi connectivity index (χ0) is 17.3. The Balaban J connectivity index is 2.55. The van der Waals surface area contributed by atoms with Gasteiger partial charge < -0.3 is 5.11 Å². The Morgan fingerprint density at radius 3 is 2.09 bits per heavy atom. The maximum atomic E-state index is 10.5. The third kappa shape index (κ3) is 3.01. The van der Waals surface area contributed by atoms with Crippen molar-refractivity contribution in [2.24, 2.45) is 0 Å². The lowest BCUT2D eigenvalue weighted by Gasteiger charge is -2.58. The van der Waals surface area contributed by atoms with Crippen LogP contribution in [0.4, 0.5) is 0 Å². The van der Waals surface area contributed by atoms with Crippen molar-refractivity contribution in [2.75, 3.05) is 41.3 Å². The highest BCUT2D eigenvalue weighted by molar-refractivity contribution is 5.41. The van der Waals surface area contributed by atoms with Gasteiger partial charge in [0.05, 0.1) is 54.1 Å². The van der Waals surface area contributed by atoms with Crippen molar-refractivity contribution in [3.8, 4) is 5.75 Å². The van der Waals surface area contributed by atoms with Crippen molar-refractivity contribution >= 4 is 0 Å². The minimum absolute atomic E-state index is 0.123. The average molecular weight is 321 g/mol. The molecule has 0 amide bonds. The predicted molar refractivity (Wildman–Crippen MR) is 97.4 cm³/mol. The van der Waals surface area contributed by atoms with E-state index in [4.69, 9.17) is 0 Å². The molecule has 0 spiro atoms. The first-order chi connectivity index (χ1) is 10.7. The van der Waals surface area contributed by atoms with Crippen molar-refractivity contribution in [3.63, 3.8) is 0 Å². The fraction of sp³-hybridized carbons (Fsp3) is 0.700. The third-order valence-electron chi connectivity index (χ3n) is 6.32. The molecule has 1 aromatic carbocycles. The van der Waals surface area contributed by atoms with Gasteiger partial charge in [0.15, 0.2) is 0 Å². The maximum absolute atomic E-state index is 10.5. The van der Waals surface area contributed by atoms with Crippen LogP contribution in [0.15, 0.2) is 18.2 Å². The van der Waals surface area contributed by atoms with Crippen LogP contribution < -0.4 is 0 Å². The summed E-state index contributed by atoms with van der Waals surface area (Å²) in [7, 11) is 9.57. The number of likely N-dealkylation sites (N-methyl/N-ethyl adjacent to an activating group) is 2. The number of phenolic OH excluding ortho intramolecular Hbond substituents is 1. The fourth-order valence-electron chi connectivity index (χ4n) is 5.07. The van der Waals surface area contributed by atoms with Gasteiger partial charge in [0.2, 0.25) is 5.66 Å². The highest BCUT2D eigenvalue weighted by Crippen LogP contribution is 2.44. The number of quaternary nitrogens is 2. The summed E-state index contributed by atoms with van der Waals surface area (Å²) >= 11 is 0. The van der Waals surface area contributed by atoms with Gasteiger partial charge in [-0.2, -0.15) is 0 Å². The van der Waals surface area contributed by atoms with Crippen LogP contribution >= 0.6 is 0 Å². The van der Waals surface area contributed by atoms with Gasteiger partial charge in [-0.3, -0.25) is 8.97 Å². The van der Waals surface area contributed by atoms with E-state index in [1.165, 1.54) is 43.5 Å². The first kappa shape index (κ1) is 18.3. The molecule has 1 aromatic rings. The summed E-state index contributed by atoms with van der Waals surface area (Å²) in [6, 6.07) is 6.03. The monoisotopic (exact) mass is 320 g/mol. The van der Waals surface area contributed by atoms with Gasteiger partial charge in [-0.15, -0.1) is 0 Å². The Kier molecular flexibility index (Phi) is 5.12. The van der Waals surface area contributed by atoms with Crippen LogP contribution in [0.25, 0.3) is 0 Å². The number of fused-ring (bicyclic) bond motifs is 1. The van der Waals surface area contributed by atoms with Gasteiger partial charge in [0, 0.05) is 5.56 Å². The number of aryl methyl sites for hydroxylation is 1. The van der Waals surface area contributed by atoms with E-state index in [1.54, 1.807) is 0 Å². The van der Waals surface area contributed by atoms with E-state index in [9.17, 15) is 5.11 Å². The SMILES string of the molecule is CCC[N+](C)(C)C1([N+](C)(C)CCC)CCc2cccc(O)c2C1. The molecule has 0 bridgehead atoms. The van der Waals surface area contributed by atoms with Crippen LogP contribution in [0.5, 0.6) is 5.75 Å². The van der Waals surface area contributed by atoms with Crippen LogP contribution in [0.1, 0.15) is 44.2 Å². The number of nitrogens with zero attached hydrogens (tertiary/aromatic N) is 2. The molecule has 130 valence electrons. The van der Waals surface area contributed by atoms with E-state index in [0.29, 0.717) is 5.75 Å². The van der Waals surface area contributed by atoms with Crippen LogP contribution in [-0.4, -0.2) is 61.0 Å². The first-order valence-corrected chi connectivity index (χ1v) is 9.16. The molecule has 0 saturated carbocycles. The summed E-state index contributed by atoms with van der Waals surface area (Å²) in [5, 5.41) is 10.5. The molecule has 1 aliphatic carbocycles. The molecular weight excluding hydrogens is 284 g/mol. The number of phenols is 1. The molecule has 2 rings (SSSR count). The summed E-state index contributed by atoms with van der Waals surface area (Å²) in [6.45, 7) is 6.91. The number of benzene rings is 1. The Morgan fingerprint density at radius 2 is 1.57 bits per heavy atom. The van der Waals surface area contributed by atoms with Gasteiger partial charge in [-0.05, 0) is 30.9 Å². The fourth-order valence-corrected chi connectivity index (χ4v) is 5.07. The average Bonchev–Trinajstić information content (AvgIpc) is 2.47. The van der Waals surface area contributed by atoms with Crippen molar-refractivity contribution in [3.05, 3.63) is 29.3 Å². The predicted octanol–water partition coefficient (Wildman–Crippen LogP) is 3.55. The lowest BCUT2D eigenvalue weighted by molar-refractivity contribution is -1.14. The second-order valence-electron chi connectivity index (χ2n) is 8.39. The van der Waals surface area contributed by atoms with Crippen LogP contribution in [0.3, 0.4) is 0 Å². The Hall–Kier alpha value is -1.06. The van der Waals surface area contributed by atoms with Gasteiger partial charge in [0.25, 0.3) is 0 Å².